The van der Waals surface area contributed by atoms with Gasteiger partial charge in [-0.1, -0.05) is 306 Å². The zero-order valence-corrected chi connectivity index (χ0v) is 66.8. The Morgan fingerprint density at radius 2 is 0.490 bits per heavy atom. The average Bonchev–Trinajstić information content (AvgIpc) is 0.923. The van der Waals surface area contributed by atoms with E-state index in [0.29, 0.717) is 32.1 Å². The lowest BCUT2D eigenvalue weighted by atomic mass is 10.0. The van der Waals surface area contributed by atoms with Gasteiger partial charge >= 0.3 is 39.5 Å². The van der Waals surface area contributed by atoms with Gasteiger partial charge < -0.3 is 33.8 Å². The van der Waals surface area contributed by atoms with Crippen LogP contribution in [0, 0.1) is 0 Å². The first kappa shape index (κ1) is 98.5. The van der Waals surface area contributed by atoms with Crippen molar-refractivity contribution in [2.45, 2.75) is 393 Å². The van der Waals surface area contributed by atoms with Crippen molar-refractivity contribution in [3.8, 4) is 0 Å². The van der Waals surface area contributed by atoms with E-state index in [1.807, 2.05) is 12.2 Å². The lowest BCUT2D eigenvalue weighted by Gasteiger charge is -2.21. The van der Waals surface area contributed by atoms with Crippen LogP contribution in [0.5, 0.6) is 0 Å². The molecule has 0 aromatic carbocycles. The van der Waals surface area contributed by atoms with Gasteiger partial charge in [-0.3, -0.25) is 37.3 Å². The van der Waals surface area contributed by atoms with E-state index in [1.54, 1.807) is 0 Å². The third kappa shape index (κ3) is 74.8. The molecule has 0 saturated carbocycles. The van der Waals surface area contributed by atoms with E-state index in [4.69, 9.17) is 37.0 Å². The van der Waals surface area contributed by atoms with Gasteiger partial charge in [-0.05, 0) is 116 Å². The minimum absolute atomic E-state index is 0.0811. The fourth-order valence-corrected chi connectivity index (χ4v) is 12.9. The smallest absolute Gasteiger partial charge is 0.462 e. The average molecular weight is 1480 g/mol. The van der Waals surface area contributed by atoms with Crippen LogP contribution in [0.1, 0.15) is 374 Å². The predicted octanol–water partition coefficient (Wildman–Crippen LogP) is 24.0. The van der Waals surface area contributed by atoms with Gasteiger partial charge in [0, 0.05) is 25.7 Å². The standard InChI is InChI=1S/C83H150O17P2/c1-5-9-13-17-21-25-29-33-37-38-42-44-48-52-56-60-64-68-81(86)94-74-79(100-83(88)70-66-62-58-54-50-46-41-36-32-28-24-20-16-12-8-4)76-98-102(91,92)96-72-77(84)71-95-101(89,90)97-75-78(99-82(87)69-65-61-57-53-49-45-40-35-31-27-23-19-15-11-7-3)73-93-80(85)67-63-59-55-51-47-43-39-34-30-26-22-18-14-10-6-2/h21,25-26,28,30,32-33,37,42,44,52,56,77-79,84H,5-20,22-24,27,29,31,34-36,38-41,43,45-51,53-55,57-76H2,1-4H3,(H,89,90)(H,91,92)/b25-21-,30-26-,32-28-,37-33-,44-42-,56-52-/t77-,78+,79+/m0/s1. The van der Waals surface area contributed by atoms with Crippen LogP contribution in [0.15, 0.2) is 72.9 Å². The highest BCUT2D eigenvalue weighted by molar-refractivity contribution is 7.47. The Morgan fingerprint density at radius 3 is 0.814 bits per heavy atom. The number of hydrogen-bond donors (Lipinski definition) is 3. The van der Waals surface area contributed by atoms with Gasteiger partial charge in [-0.25, -0.2) is 9.13 Å². The van der Waals surface area contributed by atoms with Crippen LogP contribution in [-0.2, 0) is 65.4 Å². The van der Waals surface area contributed by atoms with Gasteiger partial charge in [-0.2, -0.15) is 0 Å². The second-order valence-corrected chi connectivity index (χ2v) is 30.6. The van der Waals surface area contributed by atoms with Gasteiger partial charge in [0.1, 0.15) is 19.3 Å². The summed E-state index contributed by atoms with van der Waals surface area (Å²) in [4.78, 5) is 73.0. The molecule has 2 unspecified atom stereocenters. The number of allylic oxidation sites excluding steroid dienone is 12. The van der Waals surface area contributed by atoms with Gasteiger partial charge in [0.2, 0.25) is 0 Å². The molecule has 0 aliphatic carbocycles. The molecule has 0 spiro atoms. The number of aliphatic hydroxyl groups excluding tert-OH is 1. The summed E-state index contributed by atoms with van der Waals surface area (Å²) in [6, 6.07) is 0. The zero-order chi connectivity index (χ0) is 74.6. The van der Waals surface area contributed by atoms with Crippen LogP contribution in [0.3, 0.4) is 0 Å². The molecular weight excluding hydrogens is 1330 g/mol. The largest absolute Gasteiger partial charge is 0.472 e. The molecule has 0 radical (unpaired) electrons. The maximum absolute atomic E-state index is 13.1. The van der Waals surface area contributed by atoms with Crippen LogP contribution in [0.4, 0.5) is 0 Å². The fraction of sp³-hybridized carbons (Fsp3) is 0.807. The lowest BCUT2D eigenvalue weighted by molar-refractivity contribution is -0.161. The first-order valence-electron chi connectivity index (χ1n) is 41.2. The number of carbonyl (C=O) groups is 4. The molecule has 0 aromatic rings. The number of carbonyl (C=O) groups excluding carboxylic acids is 4. The number of phosphoric ester groups is 2. The Balaban J connectivity index is 5.38. The highest BCUT2D eigenvalue weighted by Crippen LogP contribution is 2.45. The monoisotopic (exact) mass is 1480 g/mol. The molecule has 0 heterocycles. The molecule has 0 saturated heterocycles. The fourth-order valence-electron chi connectivity index (χ4n) is 11.3. The van der Waals surface area contributed by atoms with E-state index in [1.165, 1.54) is 148 Å². The molecule has 5 atom stereocenters. The van der Waals surface area contributed by atoms with E-state index in [-0.39, 0.29) is 25.7 Å². The SMILES string of the molecule is CCCCC/C=C\C/C=C\C/C=C\C/C=C\CCCC(=O)OC[C@H](COP(=O)(O)OC[C@@H](O)COP(=O)(O)OC[C@@H](COC(=O)CCCCCCCCC/C=C\CCCCCC)OC(=O)CCCCCCCCCCCCCCCCC)OC(=O)CCCCCCCCC/C=C\CCCCCC. The minimum Gasteiger partial charge on any atom is -0.462 e. The van der Waals surface area contributed by atoms with Gasteiger partial charge in [-0.15, -0.1) is 0 Å². The second kappa shape index (κ2) is 75.7. The number of unbranched alkanes of at least 4 members (excludes halogenated alkanes) is 40. The summed E-state index contributed by atoms with van der Waals surface area (Å²) in [7, 11) is -9.96. The molecular formula is C83H150O17P2. The molecule has 3 N–H and O–H groups in total. The molecule has 0 bridgehead atoms. The quantitative estimate of drug-likeness (QED) is 0.0169. The summed E-state index contributed by atoms with van der Waals surface area (Å²) >= 11 is 0. The Labute approximate surface area is 622 Å². The molecule has 0 aliphatic rings. The van der Waals surface area contributed by atoms with E-state index < -0.39 is 97.5 Å². The summed E-state index contributed by atoms with van der Waals surface area (Å²) in [5, 5.41) is 10.6. The van der Waals surface area contributed by atoms with Crippen LogP contribution in [-0.4, -0.2) is 96.7 Å². The zero-order valence-electron chi connectivity index (χ0n) is 65.0. The van der Waals surface area contributed by atoms with Crippen molar-refractivity contribution in [1.29, 1.82) is 0 Å². The van der Waals surface area contributed by atoms with E-state index in [9.17, 15) is 43.2 Å². The van der Waals surface area contributed by atoms with Gasteiger partial charge in [0.15, 0.2) is 12.2 Å². The topological polar surface area (TPSA) is 237 Å². The highest BCUT2D eigenvalue weighted by Gasteiger charge is 2.30. The number of esters is 4. The minimum atomic E-state index is -4.98. The molecule has 102 heavy (non-hydrogen) atoms. The Kier molecular flexibility index (Phi) is 73.1. The summed E-state index contributed by atoms with van der Waals surface area (Å²) in [6.45, 7) is 4.83. The third-order valence-electron chi connectivity index (χ3n) is 17.6. The molecule has 19 heteroatoms. The van der Waals surface area contributed by atoms with Crippen LogP contribution in [0.2, 0.25) is 0 Å². The Morgan fingerprint density at radius 1 is 0.275 bits per heavy atom. The number of rotatable bonds is 78. The highest BCUT2D eigenvalue weighted by atomic mass is 31.2. The number of phosphoric acid groups is 2. The number of ether oxygens (including phenoxy) is 4. The van der Waals surface area contributed by atoms with E-state index >= 15 is 0 Å². The van der Waals surface area contributed by atoms with Crippen LogP contribution in [0.25, 0.3) is 0 Å². The Bertz CT molecular complexity index is 2210. The predicted molar refractivity (Wildman–Crippen MR) is 418 cm³/mol. The molecule has 0 rings (SSSR count). The van der Waals surface area contributed by atoms with E-state index in [0.717, 1.165) is 141 Å². The molecule has 17 nitrogen and oxygen atoms in total. The maximum atomic E-state index is 13.1. The van der Waals surface area contributed by atoms with Crippen molar-refractivity contribution in [1.82, 2.24) is 0 Å². The normalized spacial score (nSPS) is 14.2. The number of hydrogen-bond acceptors (Lipinski definition) is 15. The summed E-state index contributed by atoms with van der Waals surface area (Å²) in [5.41, 5.74) is 0. The van der Waals surface area contributed by atoms with Crippen LogP contribution >= 0.6 is 15.6 Å². The maximum Gasteiger partial charge on any atom is 0.472 e. The summed E-state index contributed by atoms with van der Waals surface area (Å²) in [6.07, 6.45) is 77.3. The van der Waals surface area contributed by atoms with Crippen molar-refractivity contribution in [3.05, 3.63) is 72.9 Å². The van der Waals surface area contributed by atoms with Crippen molar-refractivity contribution >= 4 is 39.5 Å². The molecule has 594 valence electrons. The lowest BCUT2D eigenvalue weighted by Crippen LogP contribution is -2.30. The first-order valence-corrected chi connectivity index (χ1v) is 44.2. The summed E-state index contributed by atoms with van der Waals surface area (Å²) < 4.78 is 68.6. The molecule has 0 fully saturated rings. The third-order valence-corrected chi connectivity index (χ3v) is 19.5. The van der Waals surface area contributed by atoms with Crippen molar-refractivity contribution in [3.63, 3.8) is 0 Å². The van der Waals surface area contributed by atoms with Crippen LogP contribution < -0.4 is 0 Å². The van der Waals surface area contributed by atoms with E-state index in [2.05, 4.69) is 88.5 Å². The van der Waals surface area contributed by atoms with Crippen molar-refractivity contribution in [2.24, 2.45) is 0 Å². The molecule has 0 aromatic heterocycles. The number of aliphatic hydroxyl groups is 1. The Hall–Kier alpha value is -3.50. The van der Waals surface area contributed by atoms with Crippen molar-refractivity contribution < 1.29 is 80.2 Å². The van der Waals surface area contributed by atoms with Gasteiger partial charge in [0.25, 0.3) is 0 Å². The van der Waals surface area contributed by atoms with Crippen molar-refractivity contribution in [2.75, 3.05) is 39.6 Å². The second-order valence-electron chi connectivity index (χ2n) is 27.7. The molecule has 0 aliphatic heterocycles. The molecule has 0 amide bonds. The summed E-state index contributed by atoms with van der Waals surface area (Å²) in [5.74, 6) is -2.22. The first-order chi connectivity index (χ1) is 49.7. The van der Waals surface area contributed by atoms with Gasteiger partial charge in [0.05, 0.1) is 26.4 Å².